The van der Waals surface area contributed by atoms with E-state index in [1.807, 2.05) is 31.3 Å². The van der Waals surface area contributed by atoms with E-state index in [-0.39, 0.29) is 5.97 Å². The zero-order chi connectivity index (χ0) is 12.5. The summed E-state index contributed by atoms with van der Waals surface area (Å²) < 4.78 is 10.2. The third-order valence-electron chi connectivity index (χ3n) is 2.37. The van der Waals surface area contributed by atoms with E-state index in [0.717, 1.165) is 24.3 Å². The summed E-state index contributed by atoms with van der Waals surface area (Å²) in [4.78, 5) is 11.3. The highest BCUT2D eigenvalue weighted by molar-refractivity contribution is 5.69. The van der Waals surface area contributed by atoms with Crippen molar-refractivity contribution in [1.29, 1.82) is 0 Å². The maximum atomic E-state index is 11.3. The van der Waals surface area contributed by atoms with Crippen LogP contribution in [-0.4, -0.2) is 26.7 Å². The lowest BCUT2D eigenvalue weighted by Gasteiger charge is -2.05. The molecule has 0 radical (unpaired) electrons. The fraction of sp³-hybridized carbons (Fsp3) is 0.462. The van der Waals surface area contributed by atoms with Crippen LogP contribution in [0, 0.1) is 0 Å². The Kier molecular flexibility index (Phi) is 6.10. The number of carbonyl (C=O) groups is 1. The Labute approximate surface area is 102 Å². The SMILES string of the molecule is CNCCCC(=O)OCc1ccc(OC)cc1. The highest BCUT2D eigenvalue weighted by Gasteiger charge is 2.02. The van der Waals surface area contributed by atoms with Gasteiger partial charge in [0.2, 0.25) is 0 Å². The highest BCUT2D eigenvalue weighted by atomic mass is 16.5. The average Bonchev–Trinajstić information content (AvgIpc) is 2.37. The van der Waals surface area contributed by atoms with Crippen molar-refractivity contribution in [2.45, 2.75) is 19.4 Å². The molecule has 94 valence electrons. The first-order chi connectivity index (χ1) is 8.26. The predicted molar refractivity (Wildman–Crippen MR) is 66.0 cm³/mol. The first kappa shape index (κ1) is 13.5. The van der Waals surface area contributed by atoms with Crippen molar-refractivity contribution in [1.82, 2.24) is 5.32 Å². The standard InChI is InChI=1S/C13H19NO3/c1-14-9-3-4-13(15)17-10-11-5-7-12(16-2)8-6-11/h5-8,14H,3-4,9-10H2,1-2H3. The molecule has 0 spiro atoms. The minimum Gasteiger partial charge on any atom is -0.497 e. The minimum absolute atomic E-state index is 0.156. The van der Waals surface area contributed by atoms with Gasteiger partial charge in [-0.05, 0) is 37.7 Å². The van der Waals surface area contributed by atoms with E-state index < -0.39 is 0 Å². The molecular formula is C13H19NO3. The molecule has 0 aliphatic rings. The molecule has 0 bridgehead atoms. The van der Waals surface area contributed by atoms with Crippen LogP contribution >= 0.6 is 0 Å². The summed E-state index contributed by atoms with van der Waals surface area (Å²) >= 11 is 0. The topological polar surface area (TPSA) is 47.6 Å². The zero-order valence-electron chi connectivity index (χ0n) is 10.4. The van der Waals surface area contributed by atoms with Crippen LogP contribution < -0.4 is 10.1 Å². The smallest absolute Gasteiger partial charge is 0.306 e. The maximum absolute atomic E-state index is 11.3. The molecule has 0 heterocycles. The van der Waals surface area contributed by atoms with Crippen molar-refractivity contribution < 1.29 is 14.3 Å². The third kappa shape index (κ3) is 5.36. The first-order valence-corrected chi connectivity index (χ1v) is 5.69. The monoisotopic (exact) mass is 237 g/mol. The van der Waals surface area contributed by atoms with Crippen LogP contribution in [0.1, 0.15) is 18.4 Å². The summed E-state index contributed by atoms with van der Waals surface area (Å²) in [5.74, 6) is 0.644. The summed E-state index contributed by atoms with van der Waals surface area (Å²) in [6.45, 7) is 1.15. The average molecular weight is 237 g/mol. The molecule has 0 aliphatic carbocycles. The maximum Gasteiger partial charge on any atom is 0.306 e. The predicted octanol–water partition coefficient (Wildman–Crippen LogP) is 1.74. The molecular weight excluding hydrogens is 218 g/mol. The van der Waals surface area contributed by atoms with Crippen LogP contribution in [0.4, 0.5) is 0 Å². The highest BCUT2D eigenvalue weighted by Crippen LogP contribution is 2.12. The number of hydrogen-bond acceptors (Lipinski definition) is 4. The van der Waals surface area contributed by atoms with Gasteiger partial charge in [-0.15, -0.1) is 0 Å². The third-order valence-corrected chi connectivity index (χ3v) is 2.37. The molecule has 0 aromatic heterocycles. The molecule has 0 atom stereocenters. The van der Waals surface area contributed by atoms with Crippen molar-refractivity contribution in [2.75, 3.05) is 20.7 Å². The van der Waals surface area contributed by atoms with Gasteiger partial charge in [0.05, 0.1) is 7.11 Å². The molecule has 0 saturated carbocycles. The Morgan fingerprint density at radius 1 is 1.29 bits per heavy atom. The van der Waals surface area contributed by atoms with Crippen molar-refractivity contribution in [3.63, 3.8) is 0 Å². The molecule has 4 nitrogen and oxygen atoms in total. The molecule has 1 aromatic rings. The quantitative estimate of drug-likeness (QED) is 0.579. The van der Waals surface area contributed by atoms with Gasteiger partial charge in [-0.3, -0.25) is 4.79 Å². The fourth-order valence-corrected chi connectivity index (χ4v) is 1.37. The summed E-state index contributed by atoms with van der Waals surface area (Å²) in [6, 6.07) is 7.48. The number of ether oxygens (including phenoxy) is 2. The number of hydrogen-bond donors (Lipinski definition) is 1. The van der Waals surface area contributed by atoms with E-state index in [1.165, 1.54) is 0 Å². The van der Waals surface area contributed by atoms with Crippen molar-refractivity contribution in [3.8, 4) is 5.75 Å². The Bertz CT molecular complexity index is 335. The van der Waals surface area contributed by atoms with Gasteiger partial charge in [0, 0.05) is 6.42 Å². The number of nitrogens with one attached hydrogen (secondary N) is 1. The number of benzene rings is 1. The largest absolute Gasteiger partial charge is 0.497 e. The fourth-order valence-electron chi connectivity index (χ4n) is 1.37. The first-order valence-electron chi connectivity index (χ1n) is 5.69. The molecule has 1 aromatic carbocycles. The molecule has 1 rings (SSSR count). The molecule has 1 N–H and O–H groups in total. The lowest BCUT2D eigenvalue weighted by atomic mass is 10.2. The van der Waals surface area contributed by atoms with Crippen molar-refractivity contribution in [2.24, 2.45) is 0 Å². The van der Waals surface area contributed by atoms with Gasteiger partial charge in [0.15, 0.2) is 0 Å². The van der Waals surface area contributed by atoms with E-state index in [1.54, 1.807) is 7.11 Å². The Morgan fingerprint density at radius 3 is 2.59 bits per heavy atom. The summed E-state index contributed by atoms with van der Waals surface area (Å²) in [6.07, 6.45) is 1.26. The van der Waals surface area contributed by atoms with E-state index in [4.69, 9.17) is 9.47 Å². The van der Waals surface area contributed by atoms with Crippen LogP contribution in [0.15, 0.2) is 24.3 Å². The van der Waals surface area contributed by atoms with Crippen molar-refractivity contribution >= 4 is 5.97 Å². The van der Waals surface area contributed by atoms with Gasteiger partial charge in [-0.2, -0.15) is 0 Å². The number of esters is 1. The lowest BCUT2D eigenvalue weighted by molar-refractivity contribution is -0.145. The van der Waals surface area contributed by atoms with Crippen LogP contribution in [0.3, 0.4) is 0 Å². The molecule has 4 heteroatoms. The molecule has 0 fully saturated rings. The van der Waals surface area contributed by atoms with E-state index in [0.29, 0.717) is 13.0 Å². The summed E-state index contributed by atoms with van der Waals surface area (Å²) in [5.41, 5.74) is 0.966. The second-order valence-corrected chi connectivity index (χ2v) is 3.72. The summed E-state index contributed by atoms with van der Waals surface area (Å²) in [5, 5.41) is 2.99. The van der Waals surface area contributed by atoms with E-state index >= 15 is 0 Å². The van der Waals surface area contributed by atoms with Gasteiger partial charge < -0.3 is 14.8 Å². The zero-order valence-corrected chi connectivity index (χ0v) is 10.4. The number of methoxy groups -OCH3 is 1. The van der Waals surface area contributed by atoms with Gasteiger partial charge >= 0.3 is 5.97 Å². The van der Waals surface area contributed by atoms with Crippen LogP contribution in [0.2, 0.25) is 0 Å². The Morgan fingerprint density at radius 2 is 2.00 bits per heavy atom. The molecule has 17 heavy (non-hydrogen) atoms. The Balaban J connectivity index is 2.27. The van der Waals surface area contributed by atoms with Gasteiger partial charge in [-0.1, -0.05) is 12.1 Å². The lowest BCUT2D eigenvalue weighted by Crippen LogP contribution is -2.11. The molecule has 0 unspecified atom stereocenters. The molecule has 0 aliphatic heterocycles. The minimum atomic E-state index is -0.156. The summed E-state index contributed by atoms with van der Waals surface area (Å²) in [7, 11) is 3.49. The van der Waals surface area contributed by atoms with Crippen LogP contribution in [-0.2, 0) is 16.1 Å². The second-order valence-electron chi connectivity index (χ2n) is 3.72. The molecule has 0 amide bonds. The number of carbonyl (C=O) groups excluding carboxylic acids is 1. The van der Waals surface area contributed by atoms with Crippen LogP contribution in [0.25, 0.3) is 0 Å². The van der Waals surface area contributed by atoms with E-state index in [9.17, 15) is 4.79 Å². The van der Waals surface area contributed by atoms with Crippen LogP contribution in [0.5, 0.6) is 5.75 Å². The van der Waals surface area contributed by atoms with Gasteiger partial charge in [-0.25, -0.2) is 0 Å². The molecule has 0 saturated heterocycles. The van der Waals surface area contributed by atoms with Gasteiger partial charge in [0.25, 0.3) is 0 Å². The van der Waals surface area contributed by atoms with Crippen molar-refractivity contribution in [3.05, 3.63) is 29.8 Å². The Hall–Kier alpha value is -1.55. The van der Waals surface area contributed by atoms with Gasteiger partial charge in [0.1, 0.15) is 12.4 Å². The normalized spacial score (nSPS) is 10.0. The van der Waals surface area contributed by atoms with E-state index in [2.05, 4.69) is 5.32 Å². The number of rotatable bonds is 7. The second kappa shape index (κ2) is 7.68.